The van der Waals surface area contributed by atoms with E-state index in [2.05, 4.69) is 29.1 Å². The van der Waals surface area contributed by atoms with E-state index in [-0.39, 0.29) is 11.1 Å². The van der Waals surface area contributed by atoms with E-state index in [0.717, 1.165) is 38.9 Å². The van der Waals surface area contributed by atoms with Crippen molar-refractivity contribution in [2.75, 3.05) is 29.9 Å². The van der Waals surface area contributed by atoms with Gasteiger partial charge < -0.3 is 10.2 Å². The molecule has 2 rings (SSSR count). The van der Waals surface area contributed by atoms with Gasteiger partial charge in [0.1, 0.15) is 6.20 Å². The first-order chi connectivity index (χ1) is 9.93. The van der Waals surface area contributed by atoms with E-state index >= 15 is 0 Å². The van der Waals surface area contributed by atoms with E-state index < -0.39 is 4.92 Å². The predicted molar refractivity (Wildman–Crippen MR) is 82.7 cm³/mol. The van der Waals surface area contributed by atoms with Gasteiger partial charge in [0.15, 0.2) is 0 Å². The molecule has 1 saturated heterocycles. The van der Waals surface area contributed by atoms with E-state index in [1.54, 1.807) is 0 Å². The molecule has 0 aliphatic carbocycles. The Bertz CT molecular complexity index is 518. The van der Waals surface area contributed by atoms with Crippen LogP contribution in [0.3, 0.4) is 0 Å². The van der Waals surface area contributed by atoms with Crippen LogP contribution >= 0.6 is 0 Å². The summed E-state index contributed by atoms with van der Waals surface area (Å²) in [6.07, 6.45) is 4.41. The second kappa shape index (κ2) is 6.24. The number of piperidine rings is 1. The molecule has 7 heteroatoms. The molecular formula is C14H23N5O2. The molecule has 0 aromatic carbocycles. The van der Waals surface area contributed by atoms with Gasteiger partial charge >= 0.3 is 5.69 Å². The molecule has 0 unspecified atom stereocenters. The van der Waals surface area contributed by atoms with Gasteiger partial charge in [-0.3, -0.25) is 10.1 Å². The fourth-order valence-corrected chi connectivity index (χ4v) is 2.65. The highest BCUT2D eigenvalue weighted by Gasteiger charge is 2.31. The largest absolute Gasteiger partial charge is 0.354 e. The summed E-state index contributed by atoms with van der Waals surface area (Å²) in [7, 11) is 0. The summed E-state index contributed by atoms with van der Waals surface area (Å²) in [4.78, 5) is 21.3. The van der Waals surface area contributed by atoms with E-state index in [1.807, 2.05) is 11.8 Å². The topological polar surface area (TPSA) is 84.2 Å². The van der Waals surface area contributed by atoms with Gasteiger partial charge in [0, 0.05) is 19.6 Å². The lowest BCUT2D eigenvalue weighted by molar-refractivity contribution is -0.384. The molecule has 1 aromatic heterocycles. The van der Waals surface area contributed by atoms with Crippen molar-refractivity contribution in [1.82, 2.24) is 9.97 Å². The molecule has 0 spiro atoms. The van der Waals surface area contributed by atoms with Crippen molar-refractivity contribution in [1.29, 1.82) is 0 Å². The van der Waals surface area contributed by atoms with E-state index in [9.17, 15) is 10.1 Å². The molecule has 1 N–H and O–H groups in total. The smallest absolute Gasteiger partial charge is 0.329 e. The van der Waals surface area contributed by atoms with Crippen molar-refractivity contribution in [3.8, 4) is 0 Å². The van der Waals surface area contributed by atoms with Gasteiger partial charge in [-0.05, 0) is 24.7 Å². The Morgan fingerprint density at radius 2 is 2.29 bits per heavy atom. The van der Waals surface area contributed by atoms with Crippen LogP contribution in [0.25, 0.3) is 0 Å². The first-order valence-electron chi connectivity index (χ1n) is 7.43. The third-order valence-corrected chi connectivity index (χ3v) is 3.68. The van der Waals surface area contributed by atoms with Crippen LogP contribution < -0.4 is 10.2 Å². The number of hydrogen-bond donors (Lipinski definition) is 1. The van der Waals surface area contributed by atoms with Gasteiger partial charge in [0.05, 0.1) is 4.92 Å². The fourth-order valence-electron chi connectivity index (χ4n) is 2.65. The molecule has 1 aliphatic rings. The van der Waals surface area contributed by atoms with Crippen LogP contribution in [-0.4, -0.2) is 34.5 Å². The van der Waals surface area contributed by atoms with Crippen LogP contribution in [0, 0.1) is 15.5 Å². The molecule has 116 valence electrons. The normalized spacial score (nSPS) is 17.6. The lowest BCUT2D eigenvalue weighted by atomic mass is 9.84. The van der Waals surface area contributed by atoms with Crippen molar-refractivity contribution in [3.63, 3.8) is 0 Å². The summed E-state index contributed by atoms with van der Waals surface area (Å²) in [5.41, 5.74) is 0.128. The molecule has 1 aliphatic heterocycles. The van der Waals surface area contributed by atoms with E-state index in [0.29, 0.717) is 11.8 Å². The monoisotopic (exact) mass is 293 g/mol. The Hall–Kier alpha value is -1.92. The summed E-state index contributed by atoms with van der Waals surface area (Å²) >= 11 is 0. The molecule has 1 aromatic rings. The summed E-state index contributed by atoms with van der Waals surface area (Å²) < 4.78 is 0. The third-order valence-electron chi connectivity index (χ3n) is 3.68. The zero-order valence-corrected chi connectivity index (χ0v) is 12.9. The Labute approximate surface area is 124 Å². The first-order valence-corrected chi connectivity index (χ1v) is 7.43. The van der Waals surface area contributed by atoms with Gasteiger partial charge in [0.25, 0.3) is 0 Å². The molecule has 2 heterocycles. The number of rotatable bonds is 5. The maximum atomic E-state index is 11.2. The Morgan fingerprint density at radius 1 is 1.52 bits per heavy atom. The Morgan fingerprint density at radius 3 is 2.90 bits per heavy atom. The minimum absolute atomic E-state index is 0.0188. The molecule has 0 bridgehead atoms. The molecule has 21 heavy (non-hydrogen) atoms. The number of nitro groups is 1. The van der Waals surface area contributed by atoms with Gasteiger partial charge in [-0.1, -0.05) is 20.8 Å². The minimum Gasteiger partial charge on any atom is -0.354 e. The lowest BCUT2D eigenvalue weighted by Gasteiger charge is -2.38. The maximum absolute atomic E-state index is 11.2. The van der Waals surface area contributed by atoms with E-state index in [1.165, 1.54) is 6.20 Å². The van der Waals surface area contributed by atoms with E-state index in [4.69, 9.17) is 0 Å². The standard InChI is InChI=1S/C14H23N5O2/c1-4-7-15-13-16-9-11(19(20)21)12(17-13)18-8-5-6-14(2,3)10-18/h9H,4-8,10H2,1-3H3,(H,15,16,17). The molecule has 1 fully saturated rings. The highest BCUT2D eigenvalue weighted by Crippen LogP contribution is 2.34. The molecule has 0 radical (unpaired) electrons. The number of anilines is 2. The van der Waals surface area contributed by atoms with Gasteiger partial charge in [0.2, 0.25) is 11.8 Å². The number of nitrogens with zero attached hydrogens (tertiary/aromatic N) is 4. The van der Waals surface area contributed by atoms with Crippen LogP contribution in [0.4, 0.5) is 17.5 Å². The number of hydrogen-bond acceptors (Lipinski definition) is 6. The third kappa shape index (κ3) is 3.80. The second-order valence-electron chi connectivity index (χ2n) is 6.28. The van der Waals surface area contributed by atoms with Crippen molar-refractivity contribution >= 4 is 17.5 Å². The van der Waals surface area contributed by atoms with Gasteiger partial charge in [-0.25, -0.2) is 4.98 Å². The van der Waals surface area contributed by atoms with Crippen molar-refractivity contribution in [2.45, 2.75) is 40.0 Å². The zero-order chi connectivity index (χ0) is 15.5. The van der Waals surface area contributed by atoms with Gasteiger partial charge in [-0.15, -0.1) is 0 Å². The molecular weight excluding hydrogens is 270 g/mol. The number of aromatic nitrogens is 2. The minimum atomic E-state index is -0.402. The lowest BCUT2D eigenvalue weighted by Crippen LogP contribution is -2.40. The average molecular weight is 293 g/mol. The van der Waals surface area contributed by atoms with Crippen molar-refractivity contribution in [2.24, 2.45) is 5.41 Å². The van der Waals surface area contributed by atoms with Crippen molar-refractivity contribution in [3.05, 3.63) is 16.3 Å². The van der Waals surface area contributed by atoms with Crippen LogP contribution in [0.2, 0.25) is 0 Å². The summed E-state index contributed by atoms with van der Waals surface area (Å²) in [6, 6.07) is 0. The highest BCUT2D eigenvalue weighted by atomic mass is 16.6. The summed E-state index contributed by atoms with van der Waals surface area (Å²) in [5, 5.41) is 14.3. The molecule has 0 amide bonds. The Balaban J connectivity index is 2.31. The van der Waals surface area contributed by atoms with Crippen molar-refractivity contribution < 1.29 is 4.92 Å². The van der Waals surface area contributed by atoms with Crippen LogP contribution in [0.15, 0.2) is 6.20 Å². The SMILES string of the molecule is CCCNc1ncc([N+](=O)[O-])c(N2CCCC(C)(C)C2)n1. The van der Waals surface area contributed by atoms with Crippen LogP contribution in [0.5, 0.6) is 0 Å². The van der Waals surface area contributed by atoms with Gasteiger partial charge in [-0.2, -0.15) is 4.98 Å². The highest BCUT2D eigenvalue weighted by molar-refractivity contribution is 5.59. The summed E-state index contributed by atoms with van der Waals surface area (Å²) in [5.74, 6) is 0.891. The van der Waals surface area contributed by atoms with Crippen LogP contribution in [0.1, 0.15) is 40.0 Å². The fraction of sp³-hybridized carbons (Fsp3) is 0.714. The number of nitrogens with one attached hydrogen (secondary N) is 1. The maximum Gasteiger partial charge on any atom is 0.329 e. The summed E-state index contributed by atoms with van der Waals surface area (Å²) in [6.45, 7) is 8.74. The molecule has 0 saturated carbocycles. The quantitative estimate of drug-likeness (QED) is 0.664. The predicted octanol–water partition coefficient (Wildman–Crippen LogP) is 2.83. The molecule has 0 atom stereocenters. The first kappa shape index (κ1) is 15.5. The second-order valence-corrected chi connectivity index (χ2v) is 6.28. The average Bonchev–Trinajstić information content (AvgIpc) is 2.43. The Kier molecular flexibility index (Phi) is 4.59. The van der Waals surface area contributed by atoms with Crippen LogP contribution in [-0.2, 0) is 0 Å². The molecule has 7 nitrogen and oxygen atoms in total. The zero-order valence-electron chi connectivity index (χ0n) is 12.9.